The smallest absolute Gasteiger partial charge is 0.317 e. The first kappa shape index (κ1) is 14.0. The van der Waals surface area contributed by atoms with Gasteiger partial charge in [-0.25, -0.2) is 0 Å². The maximum absolute atomic E-state index is 10.7. The molecule has 4 nitrogen and oxygen atoms in total. The van der Waals surface area contributed by atoms with Gasteiger partial charge in [-0.15, -0.1) is 0 Å². The number of hydrogen-bond acceptors (Lipinski definition) is 3. The Morgan fingerprint density at radius 2 is 2.05 bits per heavy atom. The first-order valence-electron chi connectivity index (χ1n) is 6.72. The third-order valence-corrected chi connectivity index (χ3v) is 3.78. The number of carboxylic acid groups (broad SMARTS) is 1. The lowest BCUT2D eigenvalue weighted by atomic mass is 9.87. The molecule has 1 aliphatic heterocycles. The lowest BCUT2D eigenvalue weighted by Gasteiger charge is -2.35. The number of β-amino-alcohol motifs (C(OH)–C–C–N with tert-alkyl or cyclic N) is 1. The number of likely N-dealkylation sites (tertiary alicyclic amines) is 1. The molecule has 0 unspecified atom stereocenters. The number of hydrogen-bond donors (Lipinski definition) is 2. The number of rotatable bonds is 4. The number of aliphatic carboxylic acids is 1. The highest BCUT2D eigenvalue weighted by Crippen LogP contribution is 2.22. The summed E-state index contributed by atoms with van der Waals surface area (Å²) in [6.07, 6.45) is 1.28. The van der Waals surface area contributed by atoms with Crippen molar-refractivity contribution < 1.29 is 15.0 Å². The fourth-order valence-electron chi connectivity index (χ4n) is 2.65. The van der Waals surface area contributed by atoms with E-state index in [2.05, 4.69) is 31.2 Å². The molecule has 0 spiro atoms. The van der Waals surface area contributed by atoms with Crippen molar-refractivity contribution in [1.82, 2.24) is 4.90 Å². The summed E-state index contributed by atoms with van der Waals surface area (Å²) in [5.41, 5.74) is 2.47. The quantitative estimate of drug-likeness (QED) is 0.859. The Kier molecular flexibility index (Phi) is 4.56. The highest BCUT2D eigenvalue weighted by Gasteiger charge is 2.28. The molecular formula is C15H21NO3. The van der Waals surface area contributed by atoms with Gasteiger partial charge in [-0.3, -0.25) is 9.69 Å². The van der Waals surface area contributed by atoms with Crippen LogP contribution in [0.25, 0.3) is 0 Å². The lowest BCUT2D eigenvalue weighted by Crippen LogP contribution is -2.46. The fourth-order valence-corrected chi connectivity index (χ4v) is 2.65. The first-order valence-corrected chi connectivity index (χ1v) is 6.72. The van der Waals surface area contributed by atoms with Gasteiger partial charge in [0.2, 0.25) is 0 Å². The van der Waals surface area contributed by atoms with E-state index in [1.54, 1.807) is 4.90 Å². The highest BCUT2D eigenvalue weighted by atomic mass is 16.4. The summed E-state index contributed by atoms with van der Waals surface area (Å²) in [7, 11) is 0. The molecule has 0 bridgehead atoms. The summed E-state index contributed by atoms with van der Waals surface area (Å²) in [6, 6.07) is 8.37. The van der Waals surface area contributed by atoms with Gasteiger partial charge in [0.1, 0.15) is 0 Å². The van der Waals surface area contributed by atoms with E-state index in [-0.39, 0.29) is 12.5 Å². The number of carbonyl (C=O) groups is 1. The second-order valence-corrected chi connectivity index (χ2v) is 5.43. The summed E-state index contributed by atoms with van der Waals surface area (Å²) in [5.74, 6) is -0.600. The van der Waals surface area contributed by atoms with Gasteiger partial charge in [-0.1, -0.05) is 29.8 Å². The topological polar surface area (TPSA) is 60.8 Å². The Labute approximate surface area is 113 Å². The minimum atomic E-state index is -0.829. The van der Waals surface area contributed by atoms with Gasteiger partial charge in [-0.2, -0.15) is 0 Å². The molecule has 1 fully saturated rings. The molecule has 4 heteroatoms. The first-order chi connectivity index (χ1) is 9.04. The number of aryl methyl sites for hydroxylation is 1. The van der Waals surface area contributed by atoms with Gasteiger partial charge in [0.15, 0.2) is 0 Å². The Morgan fingerprint density at radius 1 is 1.37 bits per heavy atom. The van der Waals surface area contributed by atoms with E-state index in [9.17, 15) is 9.90 Å². The Hall–Kier alpha value is -1.39. The summed E-state index contributed by atoms with van der Waals surface area (Å²) < 4.78 is 0. The van der Waals surface area contributed by atoms with Crippen LogP contribution >= 0.6 is 0 Å². The second-order valence-electron chi connectivity index (χ2n) is 5.43. The molecule has 2 N–H and O–H groups in total. The van der Waals surface area contributed by atoms with Crippen LogP contribution in [0.15, 0.2) is 24.3 Å². The molecule has 1 aliphatic rings. The molecule has 2 atom stereocenters. The van der Waals surface area contributed by atoms with Crippen LogP contribution in [0.3, 0.4) is 0 Å². The molecule has 1 saturated heterocycles. The largest absolute Gasteiger partial charge is 0.480 e. The van der Waals surface area contributed by atoms with Gasteiger partial charge in [0.05, 0.1) is 12.6 Å². The molecule has 0 amide bonds. The maximum atomic E-state index is 10.7. The predicted octanol–water partition coefficient (Wildman–Crippen LogP) is 1.30. The van der Waals surface area contributed by atoms with Gasteiger partial charge in [0.25, 0.3) is 0 Å². The van der Waals surface area contributed by atoms with E-state index in [1.807, 2.05) is 0 Å². The minimum Gasteiger partial charge on any atom is -0.480 e. The Bertz CT molecular complexity index is 430. The maximum Gasteiger partial charge on any atom is 0.317 e. The van der Waals surface area contributed by atoms with Crippen LogP contribution < -0.4 is 0 Å². The molecule has 1 aromatic rings. The van der Waals surface area contributed by atoms with Crippen molar-refractivity contribution in [2.45, 2.75) is 25.9 Å². The average molecular weight is 263 g/mol. The molecular weight excluding hydrogens is 242 g/mol. The highest BCUT2D eigenvalue weighted by molar-refractivity contribution is 5.69. The Balaban J connectivity index is 1.89. The lowest BCUT2D eigenvalue weighted by molar-refractivity contribution is -0.139. The third kappa shape index (κ3) is 4.04. The summed E-state index contributed by atoms with van der Waals surface area (Å²) in [4.78, 5) is 12.5. The fraction of sp³-hybridized carbons (Fsp3) is 0.533. The van der Waals surface area contributed by atoms with E-state index in [0.29, 0.717) is 6.54 Å². The molecule has 0 radical (unpaired) electrons. The minimum absolute atomic E-state index is 0.0221. The van der Waals surface area contributed by atoms with Crippen LogP contribution in [0.5, 0.6) is 0 Å². The standard InChI is InChI=1S/C15H21NO3/c1-11-2-4-12(5-3-11)8-13-6-7-16(9-14(13)17)10-15(18)19/h2-5,13-14,17H,6-10H2,1H3,(H,18,19)/t13-,14+/m1/s1. The monoisotopic (exact) mass is 263 g/mol. The summed E-state index contributed by atoms with van der Waals surface area (Å²) in [5, 5.41) is 18.9. The number of carboxylic acids is 1. The van der Waals surface area contributed by atoms with Crippen molar-refractivity contribution in [2.24, 2.45) is 5.92 Å². The van der Waals surface area contributed by atoms with Crippen molar-refractivity contribution in [3.8, 4) is 0 Å². The van der Waals surface area contributed by atoms with Gasteiger partial charge < -0.3 is 10.2 Å². The summed E-state index contributed by atoms with van der Waals surface area (Å²) in [6.45, 7) is 3.29. The van der Waals surface area contributed by atoms with Gasteiger partial charge >= 0.3 is 5.97 Å². The Morgan fingerprint density at radius 3 is 2.63 bits per heavy atom. The average Bonchev–Trinajstić information content (AvgIpc) is 2.34. The van der Waals surface area contributed by atoms with Crippen LogP contribution in [0, 0.1) is 12.8 Å². The van der Waals surface area contributed by atoms with Crippen molar-refractivity contribution in [1.29, 1.82) is 0 Å². The molecule has 19 heavy (non-hydrogen) atoms. The zero-order chi connectivity index (χ0) is 13.8. The molecule has 2 rings (SSSR count). The van der Waals surface area contributed by atoms with E-state index in [1.165, 1.54) is 11.1 Å². The normalized spacial score (nSPS) is 24.3. The zero-order valence-electron chi connectivity index (χ0n) is 11.2. The molecule has 104 valence electrons. The number of aliphatic hydroxyl groups excluding tert-OH is 1. The molecule has 1 aromatic carbocycles. The molecule has 0 aromatic heterocycles. The van der Waals surface area contributed by atoms with E-state index in [4.69, 9.17) is 5.11 Å². The van der Waals surface area contributed by atoms with Crippen LogP contribution in [0.1, 0.15) is 17.5 Å². The second kappa shape index (κ2) is 6.17. The molecule has 0 saturated carbocycles. The number of aliphatic hydroxyl groups is 1. The molecule has 1 heterocycles. The zero-order valence-corrected chi connectivity index (χ0v) is 11.2. The number of benzene rings is 1. The molecule has 0 aliphatic carbocycles. The van der Waals surface area contributed by atoms with Crippen LogP contribution in [0.2, 0.25) is 0 Å². The SMILES string of the molecule is Cc1ccc(C[C@H]2CCN(CC(=O)O)C[C@@H]2O)cc1. The van der Waals surface area contributed by atoms with E-state index in [0.717, 1.165) is 19.4 Å². The van der Waals surface area contributed by atoms with Crippen molar-refractivity contribution in [3.63, 3.8) is 0 Å². The van der Waals surface area contributed by atoms with Crippen LogP contribution in [-0.2, 0) is 11.2 Å². The van der Waals surface area contributed by atoms with Crippen molar-refractivity contribution >= 4 is 5.97 Å². The van der Waals surface area contributed by atoms with Crippen LogP contribution in [-0.4, -0.2) is 46.8 Å². The van der Waals surface area contributed by atoms with Gasteiger partial charge in [-0.05, 0) is 37.8 Å². The van der Waals surface area contributed by atoms with E-state index >= 15 is 0 Å². The van der Waals surface area contributed by atoms with Crippen molar-refractivity contribution in [3.05, 3.63) is 35.4 Å². The third-order valence-electron chi connectivity index (χ3n) is 3.78. The predicted molar refractivity (Wildman–Crippen MR) is 73.1 cm³/mol. The number of piperidine rings is 1. The summed E-state index contributed by atoms with van der Waals surface area (Å²) >= 11 is 0. The van der Waals surface area contributed by atoms with Crippen LogP contribution in [0.4, 0.5) is 0 Å². The number of nitrogens with zero attached hydrogens (tertiary/aromatic N) is 1. The van der Waals surface area contributed by atoms with E-state index < -0.39 is 12.1 Å². The van der Waals surface area contributed by atoms with Crippen molar-refractivity contribution in [2.75, 3.05) is 19.6 Å². The van der Waals surface area contributed by atoms with Gasteiger partial charge in [0, 0.05) is 6.54 Å².